The zero-order chi connectivity index (χ0) is 20.1. The first kappa shape index (κ1) is 18.9. The van der Waals surface area contributed by atoms with Crippen molar-refractivity contribution in [3.63, 3.8) is 0 Å². The van der Waals surface area contributed by atoms with Crippen molar-refractivity contribution in [1.82, 2.24) is 4.98 Å². The van der Waals surface area contributed by atoms with E-state index < -0.39 is 5.60 Å². The van der Waals surface area contributed by atoms with Crippen molar-refractivity contribution in [2.75, 3.05) is 0 Å². The van der Waals surface area contributed by atoms with Gasteiger partial charge in [0.25, 0.3) is 0 Å². The third-order valence-electron chi connectivity index (χ3n) is 7.83. The third-order valence-corrected chi connectivity index (χ3v) is 7.83. The Morgan fingerprint density at radius 1 is 1.17 bits per heavy atom. The molecule has 4 aliphatic carbocycles. The molecule has 3 nitrogen and oxygen atoms in total. The van der Waals surface area contributed by atoms with Crippen molar-refractivity contribution in [3.05, 3.63) is 65.0 Å². The smallest absolute Gasteiger partial charge is 0.0933 e. The van der Waals surface area contributed by atoms with Crippen molar-refractivity contribution in [2.24, 2.45) is 17.3 Å². The average molecular weight is 388 g/mol. The van der Waals surface area contributed by atoms with Gasteiger partial charge in [-0.1, -0.05) is 42.6 Å². The molecule has 0 bridgehead atoms. The molecule has 4 unspecified atom stereocenters. The summed E-state index contributed by atoms with van der Waals surface area (Å²) in [5.41, 5.74) is 3.59. The number of rotatable bonds is 0. The molecule has 4 aliphatic rings. The lowest BCUT2D eigenvalue weighted by Crippen LogP contribution is -2.48. The monoisotopic (exact) mass is 387 g/mol. The fourth-order valence-electron chi connectivity index (χ4n) is 6.08. The number of fused-ring (bicyclic) bond motifs is 4. The Morgan fingerprint density at radius 2 is 2.07 bits per heavy atom. The molecule has 0 radical (unpaired) electrons. The summed E-state index contributed by atoms with van der Waals surface area (Å²) in [5, 5.41) is 22.1. The molecular weight excluding hydrogens is 358 g/mol. The van der Waals surface area contributed by atoms with Crippen LogP contribution in [0, 0.1) is 29.1 Å². The molecule has 29 heavy (non-hydrogen) atoms. The van der Waals surface area contributed by atoms with Gasteiger partial charge in [0, 0.05) is 34.9 Å². The molecule has 1 fully saturated rings. The molecule has 0 saturated heterocycles. The van der Waals surface area contributed by atoms with Crippen LogP contribution in [0.1, 0.15) is 57.4 Å². The van der Waals surface area contributed by atoms with Crippen LogP contribution in [0.3, 0.4) is 0 Å². The van der Waals surface area contributed by atoms with Gasteiger partial charge in [0.2, 0.25) is 0 Å². The fraction of sp³-hybridized carbons (Fsp3) is 0.500. The number of aliphatic hydroxyl groups excluding tert-OH is 1. The van der Waals surface area contributed by atoms with E-state index in [2.05, 4.69) is 42.0 Å². The van der Waals surface area contributed by atoms with Gasteiger partial charge >= 0.3 is 0 Å². The number of nitrogens with zero attached hydrogens (tertiary/aromatic N) is 1. The van der Waals surface area contributed by atoms with Crippen LogP contribution in [0.15, 0.2) is 59.5 Å². The predicted molar refractivity (Wildman–Crippen MR) is 114 cm³/mol. The van der Waals surface area contributed by atoms with Gasteiger partial charge in [-0.05, 0) is 68.6 Å². The predicted octanol–water partition coefficient (Wildman–Crippen LogP) is 4.33. The van der Waals surface area contributed by atoms with Crippen molar-refractivity contribution < 1.29 is 10.2 Å². The SMILES string of the molecule is CC12CC=C3C=C4CC(O)CCC4CC[C@]3(O)C1CC=C2C#Cc1cccnc1. The zero-order valence-electron chi connectivity index (χ0n) is 17.1. The van der Waals surface area contributed by atoms with E-state index in [1.54, 1.807) is 12.4 Å². The summed E-state index contributed by atoms with van der Waals surface area (Å²) in [6, 6.07) is 3.89. The lowest BCUT2D eigenvalue weighted by atomic mass is 9.59. The van der Waals surface area contributed by atoms with Crippen molar-refractivity contribution >= 4 is 0 Å². The number of hydrogen-bond donors (Lipinski definition) is 2. The average Bonchev–Trinajstić information content (AvgIpc) is 2.98. The zero-order valence-corrected chi connectivity index (χ0v) is 17.1. The number of hydrogen-bond acceptors (Lipinski definition) is 3. The normalized spacial score (nSPS) is 38.2. The second kappa shape index (κ2) is 6.97. The summed E-state index contributed by atoms with van der Waals surface area (Å²) >= 11 is 0. The highest BCUT2D eigenvalue weighted by Gasteiger charge is 2.55. The summed E-state index contributed by atoms with van der Waals surface area (Å²) in [6.07, 6.45) is 16.3. The minimum atomic E-state index is -0.795. The maximum Gasteiger partial charge on any atom is 0.0933 e. The van der Waals surface area contributed by atoms with Gasteiger partial charge in [0.05, 0.1) is 11.7 Å². The van der Waals surface area contributed by atoms with Gasteiger partial charge < -0.3 is 10.2 Å². The van der Waals surface area contributed by atoms with Gasteiger partial charge in [-0.25, -0.2) is 0 Å². The number of aliphatic hydroxyl groups is 2. The largest absolute Gasteiger partial charge is 0.393 e. The molecular formula is C26H29NO2. The van der Waals surface area contributed by atoms with E-state index in [1.807, 2.05) is 12.1 Å². The van der Waals surface area contributed by atoms with Gasteiger partial charge in [-0.3, -0.25) is 4.98 Å². The van der Waals surface area contributed by atoms with E-state index in [9.17, 15) is 10.2 Å². The molecule has 5 rings (SSSR count). The van der Waals surface area contributed by atoms with E-state index in [1.165, 1.54) is 5.57 Å². The standard InChI is InChI=1S/C26H29NO2/c1-25-12-11-22-15-20-16-23(28)8-5-19(20)10-13-26(22,29)24(25)9-7-21(25)6-4-18-3-2-14-27-17-18/h2-3,7,11,14-15,17,19,23-24,28-29H,5,8-10,12-13,16H2,1H3/t19?,23?,24?,25?,26-/m1/s1. The van der Waals surface area contributed by atoms with E-state index in [-0.39, 0.29) is 17.4 Å². The Hall–Kier alpha value is -2.15. The number of aromatic nitrogens is 1. The van der Waals surface area contributed by atoms with Gasteiger partial charge in [0.15, 0.2) is 0 Å². The summed E-state index contributed by atoms with van der Waals surface area (Å²) in [6.45, 7) is 2.27. The van der Waals surface area contributed by atoms with Crippen molar-refractivity contribution in [3.8, 4) is 11.8 Å². The van der Waals surface area contributed by atoms with Crippen molar-refractivity contribution in [1.29, 1.82) is 0 Å². The lowest BCUT2D eigenvalue weighted by Gasteiger charge is -2.47. The van der Waals surface area contributed by atoms with Crippen LogP contribution in [0.25, 0.3) is 0 Å². The van der Waals surface area contributed by atoms with E-state index in [0.717, 1.165) is 61.7 Å². The highest BCUT2D eigenvalue weighted by molar-refractivity contribution is 5.50. The quantitative estimate of drug-likeness (QED) is 0.652. The Bertz CT molecular complexity index is 963. The minimum Gasteiger partial charge on any atom is -0.393 e. The first-order valence-electron chi connectivity index (χ1n) is 10.9. The maximum atomic E-state index is 12.0. The highest BCUT2D eigenvalue weighted by Crippen LogP contribution is 2.58. The molecule has 0 aliphatic heterocycles. The molecule has 1 saturated carbocycles. The van der Waals surface area contributed by atoms with Crippen LogP contribution < -0.4 is 0 Å². The minimum absolute atomic E-state index is 0.124. The molecule has 1 aromatic heterocycles. The second-order valence-corrected chi connectivity index (χ2v) is 9.49. The van der Waals surface area contributed by atoms with Crippen molar-refractivity contribution in [2.45, 2.75) is 63.6 Å². The Labute approximate surface area is 173 Å². The molecule has 0 aromatic carbocycles. The van der Waals surface area contributed by atoms with Crippen LogP contribution in [0.5, 0.6) is 0 Å². The van der Waals surface area contributed by atoms with Crippen LogP contribution in [0.4, 0.5) is 0 Å². The Balaban J connectivity index is 1.47. The third kappa shape index (κ3) is 3.10. The first-order valence-corrected chi connectivity index (χ1v) is 10.9. The van der Waals surface area contributed by atoms with Crippen LogP contribution >= 0.6 is 0 Å². The first-order chi connectivity index (χ1) is 14.0. The van der Waals surface area contributed by atoms with Crippen LogP contribution in [0.2, 0.25) is 0 Å². The summed E-state index contributed by atoms with van der Waals surface area (Å²) < 4.78 is 0. The molecule has 3 heteroatoms. The molecule has 1 heterocycles. The molecule has 0 spiro atoms. The lowest BCUT2D eigenvalue weighted by molar-refractivity contribution is -0.0370. The van der Waals surface area contributed by atoms with Gasteiger partial charge in [-0.15, -0.1) is 0 Å². The Kier molecular flexibility index (Phi) is 4.53. The topological polar surface area (TPSA) is 53.4 Å². The summed E-state index contributed by atoms with van der Waals surface area (Å²) in [5.74, 6) is 7.34. The van der Waals surface area contributed by atoms with E-state index in [4.69, 9.17) is 0 Å². The van der Waals surface area contributed by atoms with E-state index >= 15 is 0 Å². The fourth-order valence-corrected chi connectivity index (χ4v) is 6.08. The van der Waals surface area contributed by atoms with Gasteiger partial charge in [0.1, 0.15) is 0 Å². The summed E-state index contributed by atoms with van der Waals surface area (Å²) in [7, 11) is 0. The van der Waals surface area contributed by atoms with Crippen LogP contribution in [-0.2, 0) is 0 Å². The molecule has 0 amide bonds. The maximum absolute atomic E-state index is 12.0. The summed E-state index contributed by atoms with van der Waals surface area (Å²) in [4.78, 5) is 4.15. The van der Waals surface area contributed by atoms with E-state index in [0.29, 0.717) is 5.92 Å². The molecule has 5 atom stereocenters. The molecule has 150 valence electrons. The second-order valence-electron chi connectivity index (χ2n) is 9.49. The number of allylic oxidation sites excluding steroid dienone is 3. The molecule has 2 N–H and O–H groups in total. The number of pyridine rings is 1. The van der Waals surface area contributed by atoms with Crippen LogP contribution in [-0.4, -0.2) is 26.9 Å². The molecule has 1 aromatic rings. The Morgan fingerprint density at radius 3 is 2.90 bits per heavy atom. The van der Waals surface area contributed by atoms with Gasteiger partial charge in [-0.2, -0.15) is 0 Å². The highest BCUT2D eigenvalue weighted by atomic mass is 16.3.